The van der Waals surface area contributed by atoms with Crippen LogP contribution < -0.4 is 27.0 Å². The van der Waals surface area contributed by atoms with Gasteiger partial charge in [-0.25, -0.2) is 4.79 Å². The van der Waals surface area contributed by atoms with Gasteiger partial charge in [0.1, 0.15) is 12.1 Å². The average molecular weight is 674 g/mol. The van der Waals surface area contributed by atoms with Gasteiger partial charge in [0.2, 0.25) is 17.7 Å². The molecule has 0 bridgehead atoms. The van der Waals surface area contributed by atoms with E-state index in [0.717, 1.165) is 0 Å². The Labute approximate surface area is 282 Å². The number of hydrogen-bond donors (Lipinski definition) is 8. The SMILES string of the molecule is C=C(C)[C@H](NC(=O)[C@@H](N)CCC(=O)O)C(=O)N[C@H](C(=O)NC(Cc1ccccc1)[C@@H](O)C(=O)Nc1cccc(C(=O)O)c1)c1ccccc1. The van der Waals surface area contributed by atoms with E-state index in [-0.39, 0.29) is 36.1 Å². The van der Waals surface area contributed by atoms with Crippen molar-refractivity contribution in [1.82, 2.24) is 16.0 Å². The number of aromatic carboxylic acids is 1. The Hall–Kier alpha value is -5.86. The van der Waals surface area contributed by atoms with Crippen LogP contribution in [0.15, 0.2) is 97.1 Å². The van der Waals surface area contributed by atoms with Gasteiger partial charge >= 0.3 is 11.9 Å². The lowest BCUT2D eigenvalue weighted by molar-refractivity contribution is -0.137. The summed E-state index contributed by atoms with van der Waals surface area (Å²) >= 11 is 0. The number of carbonyl (C=O) groups excluding carboxylic acids is 4. The van der Waals surface area contributed by atoms with Crippen LogP contribution in [0, 0.1) is 0 Å². The summed E-state index contributed by atoms with van der Waals surface area (Å²) in [5, 5.41) is 39.6. The van der Waals surface area contributed by atoms with Gasteiger partial charge in [-0.05, 0) is 54.7 Å². The highest BCUT2D eigenvalue weighted by Crippen LogP contribution is 2.17. The lowest BCUT2D eigenvalue weighted by Crippen LogP contribution is -2.56. The fraction of sp³-hybridized carbons (Fsp3) is 0.257. The molecule has 0 spiro atoms. The zero-order valence-corrected chi connectivity index (χ0v) is 26.7. The first kappa shape index (κ1) is 37.6. The fourth-order valence-corrected chi connectivity index (χ4v) is 4.75. The number of hydrogen-bond acceptors (Lipinski definition) is 8. The highest BCUT2D eigenvalue weighted by atomic mass is 16.4. The summed E-state index contributed by atoms with van der Waals surface area (Å²) in [6.45, 7) is 5.23. The van der Waals surface area contributed by atoms with Gasteiger partial charge < -0.3 is 42.3 Å². The van der Waals surface area contributed by atoms with Crippen LogP contribution in [0.2, 0.25) is 0 Å². The molecule has 0 fully saturated rings. The molecule has 0 saturated carbocycles. The number of carboxylic acids is 2. The molecule has 0 saturated heterocycles. The molecule has 9 N–H and O–H groups in total. The Morgan fingerprint density at radius 3 is 2.00 bits per heavy atom. The fourth-order valence-electron chi connectivity index (χ4n) is 4.75. The number of anilines is 1. The van der Waals surface area contributed by atoms with Crippen LogP contribution in [0.1, 0.15) is 47.3 Å². The van der Waals surface area contributed by atoms with Gasteiger partial charge in [0, 0.05) is 12.1 Å². The molecule has 0 radical (unpaired) electrons. The maximum atomic E-state index is 13.9. The third kappa shape index (κ3) is 11.4. The molecule has 3 aromatic carbocycles. The average Bonchev–Trinajstić information content (AvgIpc) is 3.08. The lowest BCUT2D eigenvalue weighted by Gasteiger charge is -2.28. The van der Waals surface area contributed by atoms with E-state index in [1.807, 2.05) is 0 Å². The van der Waals surface area contributed by atoms with Gasteiger partial charge in [-0.15, -0.1) is 0 Å². The zero-order valence-electron chi connectivity index (χ0n) is 26.7. The number of aliphatic hydroxyl groups excluding tert-OH is 1. The summed E-state index contributed by atoms with van der Waals surface area (Å²) in [5.74, 6) is -5.70. The number of nitrogens with one attached hydrogen (secondary N) is 4. The summed E-state index contributed by atoms with van der Waals surface area (Å²) in [6.07, 6.45) is -2.38. The van der Waals surface area contributed by atoms with Crippen molar-refractivity contribution in [3.8, 4) is 0 Å². The van der Waals surface area contributed by atoms with E-state index in [2.05, 4.69) is 27.8 Å². The van der Waals surface area contributed by atoms with Crippen molar-refractivity contribution in [2.45, 2.75) is 56.5 Å². The number of carbonyl (C=O) groups is 6. The Bertz CT molecular complexity index is 1670. The van der Waals surface area contributed by atoms with Crippen LogP contribution in [0.5, 0.6) is 0 Å². The molecule has 4 amide bonds. The normalized spacial score (nSPS) is 13.8. The highest BCUT2D eigenvalue weighted by Gasteiger charge is 2.34. The summed E-state index contributed by atoms with van der Waals surface area (Å²) < 4.78 is 0. The van der Waals surface area contributed by atoms with Crippen LogP contribution >= 0.6 is 0 Å². The smallest absolute Gasteiger partial charge is 0.335 e. The third-order valence-electron chi connectivity index (χ3n) is 7.38. The summed E-state index contributed by atoms with van der Waals surface area (Å²) in [5.41, 5.74) is 7.03. The molecular formula is C35H39N5O9. The maximum absolute atomic E-state index is 13.9. The van der Waals surface area contributed by atoms with Crippen molar-refractivity contribution in [2.75, 3.05) is 5.32 Å². The summed E-state index contributed by atoms with van der Waals surface area (Å²) in [4.78, 5) is 75.6. The molecule has 49 heavy (non-hydrogen) atoms. The minimum atomic E-state index is -1.83. The summed E-state index contributed by atoms with van der Waals surface area (Å²) in [7, 11) is 0. The minimum Gasteiger partial charge on any atom is -0.481 e. The number of benzene rings is 3. The minimum absolute atomic E-state index is 0.00946. The van der Waals surface area contributed by atoms with Gasteiger partial charge in [-0.1, -0.05) is 73.3 Å². The van der Waals surface area contributed by atoms with Crippen molar-refractivity contribution < 1.29 is 44.1 Å². The second kappa shape index (κ2) is 17.9. The molecule has 0 aliphatic heterocycles. The second-order valence-corrected chi connectivity index (χ2v) is 11.3. The standard InChI is InChI=1S/C35H39N5O9/c1-20(2)28(39-31(44)25(36)16-17-27(41)42)32(45)40-29(22-12-7-4-8-13-22)33(46)38-26(18-21-10-5-3-6-11-21)30(43)34(47)37-24-15-9-14-23(19-24)35(48)49/h3-15,19,25-26,28-30,43H,1,16-18,36H2,2H3,(H,37,47)(H,38,46)(H,39,44)(H,40,45)(H,41,42)(H,48,49)/t25-,26?,28-,29-,30+/m0/s1. The van der Waals surface area contributed by atoms with E-state index in [4.69, 9.17) is 10.8 Å². The van der Waals surface area contributed by atoms with E-state index in [9.17, 15) is 39.0 Å². The first-order chi connectivity index (χ1) is 23.3. The number of aliphatic hydroxyl groups is 1. The lowest BCUT2D eigenvalue weighted by atomic mass is 9.98. The van der Waals surface area contributed by atoms with Crippen molar-refractivity contribution >= 4 is 41.3 Å². The van der Waals surface area contributed by atoms with E-state index >= 15 is 0 Å². The largest absolute Gasteiger partial charge is 0.481 e. The monoisotopic (exact) mass is 673 g/mol. The van der Waals surface area contributed by atoms with E-state index in [0.29, 0.717) is 11.1 Å². The van der Waals surface area contributed by atoms with E-state index in [1.54, 1.807) is 60.7 Å². The maximum Gasteiger partial charge on any atom is 0.335 e. The topological polar surface area (TPSA) is 237 Å². The molecule has 3 aromatic rings. The van der Waals surface area contributed by atoms with Gasteiger partial charge in [0.05, 0.1) is 17.6 Å². The summed E-state index contributed by atoms with van der Waals surface area (Å²) in [6, 6.07) is 17.1. The Kier molecular flexibility index (Phi) is 13.7. The van der Waals surface area contributed by atoms with Crippen LogP contribution in [0.3, 0.4) is 0 Å². The number of carboxylic acid groups (broad SMARTS) is 2. The van der Waals surface area contributed by atoms with Crippen LogP contribution in [0.4, 0.5) is 5.69 Å². The van der Waals surface area contributed by atoms with Crippen LogP contribution in [-0.2, 0) is 30.4 Å². The number of amides is 4. The molecular weight excluding hydrogens is 634 g/mol. The Balaban J connectivity index is 1.87. The van der Waals surface area contributed by atoms with Crippen molar-refractivity contribution in [2.24, 2.45) is 5.73 Å². The number of rotatable bonds is 17. The van der Waals surface area contributed by atoms with Crippen molar-refractivity contribution in [3.05, 3.63) is 114 Å². The van der Waals surface area contributed by atoms with Gasteiger partial charge in [0.15, 0.2) is 6.10 Å². The predicted molar refractivity (Wildman–Crippen MR) is 179 cm³/mol. The van der Waals surface area contributed by atoms with Crippen LogP contribution in [-0.4, -0.2) is 75.1 Å². The molecule has 1 unspecified atom stereocenters. The third-order valence-corrected chi connectivity index (χ3v) is 7.38. The Morgan fingerprint density at radius 2 is 1.41 bits per heavy atom. The molecule has 258 valence electrons. The molecule has 0 aliphatic rings. The first-order valence-electron chi connectivity index (χ1n) is 15.2. The van der Waals surface area contributed by atoms with Gasteiger partial charge in [-0.2, -0.15) is 0 Å². The first-order valence-corrected chi connectivity index (χ1v) is 15.2. The molecule has 0 aromatic heterocycles. The highest BCUT2D eigenvalue weighted by molar-refractivity contribution is 5.98. The van der Waals surface area contributed by atoms with E-state index in [1.165, 1.54) is 31.2 Å². The Morgan fingerprint density at radius 1 is 0.776 bits per heavy atom. The second-order valence-electron chi connectivity index (χ2n) is 11.3. The van der Waals surface area contributed by atoms with Gasteiger partial charge in [-0.3, -0.25) is 24.0 Å². The van der Waals surface area contributed by atoms with Crippen molar-refractivity contribution in [1.29, 1.82) is 0 Å². The van der Waals surface area contributed by atoms with Crippen molar-refractivity contribution in [3.63, 3.8) is 0 Å². The number of aliphatic carboxylic acids is 1. The molecule has 0 heterocycles. The van der Waals surface area contributed by atoms with E-state index < -0.39 is 65.8 Å². The van der Waals surface area contributed by atoms with Gasteiger partial charge in [0.25, 0.3) is 5.91 Å². The molecule has 3 rings (SSSR count). The molecule has 14 nitrogen and oxygen atoms in total. The van der Waals surface area contributed by atoms with Crippen LogP contribution in [0.25, 0.3) is 0 Å². The molecule has 14 heteroatoms. The molecule has 5 atom stereocenters. The quantitative estimate of drug-likeness (QED) is 0.0962. The predicted octanol–water partition coefficient (Wildman–Crippen LogP) is 1.52. The zero-order chi connectivity index (χ0) is 36.1. The molecule has 0 aliphatic carbocycles. The number of nitrogens with two attached hydrogens (primary N) is 1.